The summed E-state index contributed by atoms with van der Waals surface area (Å²) in [6.45, 7) is 1.37. The number of nitrogens with zero attached hydrogens (tertiary/aromatic N) is 2. The lowest BCUT2D eigenvalue weighted by Crippen LogP contribution is -2.22. The van der Waals surface area contributed by atoms with Crippen molar-refractivity contribution in [3.05, 3.63) is 76.2 Å². The number of aliphatic hydroxyl groups excluding tert-OH is 1. The van der Waals surface area contributed by atoms with Crippen LogP contribution in [0.2, 0.25) is 5.02 Å². The molecule has 0 bridgehead atoms. The number of aromatic nitrogens is 1. The zero-order valence-corrected chi connectivity index (χ0v) is 18.5. The van der Waals surface area contributed by atoms with Gasteiger partial charge >= 0.3 is 0 Å². The Morgan fingerprint density at radius 1 is 1.13 bits per heavy atom. The van der Waals surface area contributed by atoms with Gasteiger partial charge in [-0.25, -0.2) is 0 Å². The third-order valence-electron chi connectivity index (χ3n) is 5.65. The smallest absolute Gasteiger partial charge is 0.273 e. The summed E-state index contributed by atoms with van der Waals surface area (Å²) in [5, 5.41) is 11.5. The molecule has 1 aliphatic heterocycles. The van der Waals surface area contributed by atoms with Gasteiger partial charge in [-0.3, -0.25) is 9.36 Å². The van der Waals surface area contributed by atoms with Crippen LogP contribution in [0, 0.1) is 0 Å². The molecule has 2 aromatic carbocycles. The number of anilines is 1. The maximum Gasteiger partial charge on any atom is 0.273 e. The molecular weight excluding hydrogens is 432 g/mol. The second kappa shape index (κ2) is 8.04. The van der Waals surface area contributed by atoms with Gasteiger partial charge in [0.15, 0.2) is 0 Å². The monoisotopic (exact) mass is 452 g/mol. The molecule has 31 heavy (non-hydrogen) atoms. The molecule has 0 radical (unpaired) electrons. The summed E-state index contributed by atoms with van der Waals surface area (Å²) in [5.41, 5.74) is 2.65. The lowest BCUT2D eigenvalue weighted by atomic mass is 10.2. The quantitative estimate of drug-likeness (QED) is 0.476. The van der Waals surface area contributed by atoms with Crippen molar-refractivity contribution in [3.8, 4) is 21.9 Å². The molecule has 0 aliphatic carbocycles. The highest BCUT2D eigenvalue weighted by atomic mass is 35.5. The summed E-state index contributed by atoms with van der Waals surface area (Å²) in [4.78, 5) is 16.4. The van der Waals surface area contributed by atoms with E-state index in [4.69, 9.17) is 16.3 Å². The highest BCUT2D eigenvalue weighted by Crippen LogP contribution is 2.34. The number of benzene rings is 2. The molecule has 2 aromatic heterocycles. The molecule has 1 atom stereocenters. The highest BCUT2D eigenvalue weighted by Gasteiger charge is 2.23. The van der Waals surface area contributed by atoms with Crippen LogP contribution in [-0.4, -0.2) is 36.0 Å². The number of hydrogen-bond donors (Lipinski definition) is 1. The van der Waals surface area contributed by atoms with E-state index in [9.17, 15) is 9.90 Å². The van der Waals surface area contributed by atoms with E-state index in [0.717, 1.165) is 40.2 Å². The Bertz CT molecular complexity index is 1310. The minimum absolute atomic E-state index is 0.0610. The number of halogens is 1. The van der Waals surface area contributed by atoms with E-state index < -0.39 is 0 Å². The number of aliphatic hydroxyl groups is 1. The van der Waals surface area contributed by atoms with Crippen LogP contribution in [0.4, 0.5) is 5.69 Å². The first-order chi connectivity index (χ1) is 15.0. The number of pyridine rings is 1. The van der Waals surface area contributed by atoms with Gasteiger partial charge in [0.2, 0.25) is 0 Å². The van der Waals surface area contributed by atoms with Crippen LogP contribution in [0.5, 0.6) is 5.75 Å². The summed E-state index contributed by atoms with van der Waals surface area (Å²) in [5.74, 6) is 0.687. The van der Waals surface area contributed by atoms with Gasteiger partial charge < -0.3 is 14.7 Å². The Morgan fingerprint density at radius 3 is 2.65 bits per heavy atom. The van der Waals surface area contributed by atoms with Gasteiger partial charge in [0.05, 0.1) is 24.6 Å². The van der Waals surface area contributed by atoms with Crippen molar-refractivity contribution >= 4 is 38.7 Å². The van der Waals surface area contributed by atoms with Crippen LogP contribution in [0.15, 0.2) is 65.6 Å². The molecule has 7 heteroatoms. The Labute approximate surface area is 188 Å². The van der Waals surface area contributed by atoms with Crippen molar-refractivity contribution in [2.45, 2.75) is 12.5 Å². The molecule has 1 fully saturated rings. The molecule has 1 aliphatic rings. The third-order valence-corrected chi connectivity index (χ3v) is 7.09. The summed E-state index contributed by atoms with van der Waals surface area (Å²) in [6.07, 6.45) is 2.23. The van der Waals surface area contributed by atoms with Crippen LogP contribution in [0.3, 0.4) is 0 Å². The SMILES string of the molecule is COc1cc(-n2ccc3cc(-c4ccc(Cl)cc4)sc3c2=O)ccc1N1CC[C@H](O)C1. The number of rotatable bonds is 4. The molecule has 4 aromatic rings. The Kier molecular flexibility index (Phi) is 5.22. The lowest BCUT2D eigenvalue weighted by molar-refractivity contribution is 0.198. The minimum Gasteiger partial charge on any atom is -0.495 e. The summed E-state index contributed by atoms with van der Waals surface area (Å²) in [7, 11) is 1.62. The van der Waals surface area contributed by atoms with E-state index in [0.29, 0.717) is 22.0 Å². The van der Waals surface area contributed by atoms with Crippen LogP contribution < -0.4 is 15.2 Å². The number of methoxy groups -OCH3 is 1. The minimum atomic E-state index is -0.317. The van der Waals surface area contributed by atoms with Crippen molar-refractivity contribution in [2.75, 3.05) is 25.1 Å². The third kappa shape index (κ3) is 3.71. The maximum atomic E-state index is 13.3. The van der Waals surface area contributed by atoms with Crippen molar-refractivity contribution < 1.29 is 9.84 Å². The largest absolute Gasteiger partial charge is 0.495 e. The number of thiophene rings is 1. The fourth-order valence-electron chi connectivity index (χ4n) is 4.03. The second-order valence-electron chi connectivity index (χ2n) is 7.64. The van der Waals surface area contributed by atoms with Gasteiger partial charge in [-0.05, 0) is 48.4 Å². The van der Waals surface area contributed by atoms with E-state index in [2.05, 4.69) is 4.90 Å². The molecule has 0 amide bonds. The fraction of sp³-hybridized carbons (Fsp3) is 0.208. The Morgan fingerprint density at radius 2 is 1.94 bits per heavy atom. The summed E-state index contributed by atoms with van der Waals surface area (Å²) >= 11 is 7.48. The predicted molar refractivity (Wildman–Crippen MR) is 127 cm³/mol. The van der Waals surface area contributed by atoms with Crippen LogP contribution >= 0.6 is 22.9 Å². The number of ether oxygens (including phenoxy) is 1. The molecule has 5 rings (SSSR count). The number of β-amino-alcohol motifs (C(OH)–C–C–N with tert-alkyl or cyclic N) is 1. The first kappa shape index (κ1) is 20.1. The Balaban J connectivity index is 1.55. The van der Waals surface area contributed by atoms with Crippen molar-refractivity contribution in [1.29, 1.82) is 0 Å². The lowest BCUT2D eigenvalue weighted by Gasteiger charge is -2.21. The molecule has 5 nitrogen and oxygen atoms in total. The maximum absolute atomic E-state index is 13.3. The van der Waals surface area contributed by atoms with Crippen molar-refractivity contribution in [1.82, 2.24) is 4.57 Å². The molecule has 0 saturated carbocycles. The topological polar surface area (TPSA) is 54.7 Å². The average Bonchev–Trinajstić information content (AvgIpc) is 3.41. The van der Waals surface area contributed by atoms with E-state index in [-0.39, 0.29) is 11.7 Å². The van der Waals surface area contributed by atoms with Crippen LogP contribution in [0.25, 0.3) is 26.2 Å². The molecular formula is C24H21ClN2O3S. The molecule has 3 heterocycles. The zero-order valence-electron chi connectivity index (χ0n) is 16.9. The highest BCUT2D eigenvalue weighted by molar-refractivity contribution is 7.22. The first-order valence-electron chi connectivity index (χ1n) is 10.1. The van der Waals surface area contributed by atoms with Crippen molar-refractivity contribution in [2.24, 2.45) is 0 Å². The van der Waals surface area contributed by atoms with Crippen LogP contribution in [0.1, 0.15) is 6.42 Å². The zero-order chi connectivity index (χ0) is 21.5. The predicted octanol–water partition coefficient (Wildman–Crippen LogP) is 4.95. The normalized spacial score (nSPS) is 16.2. The first-order valence-corrected chi connectivity index (χ1v) is 11.3. The summed E-state index contributed by atoms with van der Waals surface area (Å²) < 4.78 is 7.96. The van der Waals surface area contributed by atoms with Gasteiger partial charge in [-0.15, -0.1) is 11.3 Å². The van der Waals surface area contributed by atoms with Gasteiger partial charge in [0, 0.05) is 40.6 Å². The number of hydrogen-bond acceptors (Lipinski definition) is 5. The average molecular weight is 453 g/mol. The van der Waals surface area contributed by atoms with Crippen LogP contribution in [-0.2, 0) is 0 Å². The van der Waals surface area contributed by atoms with Gasteiger partial charge in [-0.1, -0.05) is 23.7 Å². The van der Waals surface area contributed by atoms with Crippen molar-refractivity contribution in [3.63, 3.8) is 0 Å². The van der Waals surface area contributed by atoms with E-state index in [1.807, 2.05) is 54.6 Å². The number of fused-ring (bicyclic) bond motifs is 1. The Hall–Kier alpha value is -2.80. The molecule has 158 valence electrons. The van der Waals surface area contributed by atoms with E-state index in [1.54, 1.807) is 17.9 Å². The molecule has 1 N–H and O–H groups in total. The standard InChI is InChI=1S/C24H21ClN2O3S/c1-30-21-13-18(6-7-20(21)26-10-9-19(28)14-26)27-11-8-16-12-22(31-23(16)24(27)29)15-2-4-17(25)5-3-15/h2-8,11-13,19,28H,9-10,14H2,1H3/t19-/m0/s1. The molecule has 0 unspecified atom stereocenters. The van der Waals surface area contributed by atoms with E-state index >= 15 is 0 Å². The van der Waals surface area contributed by atoms with Gasteiger partial charge in [0.25, 0.3) is 5.56 Å². The molecule has 1 saturated heterocycles. The fourth-order valence-corrected chi connectivity index (χ4v) is 5.24. The van der Waals surface area contributed by atoms with Gasteiger partial charge in [0.1, 0.15) is 10.4 Å². The van der Waals surface area contributed by atoms with E-state index in [1.165, 1.54) is 11.3 Å². The molecule has 0 spiro atoms. The van der Waals surface area contributed by atoms with Gasteiger partial charge in [-0.2, -0.15) is 0 Å². The second-order valence-corrected chi connectivity index (χ2v) is 9.13. The summed E-state index contributed by atoms with van der Waals surface area (Å²) in [6, 6.07) is 17.4.